The Morgan fingerprint density at radius 1 is 1.15 bits per heavy atom. The van der Waals surface area contributed by atoms with Crippen LogP contribution in [0.3, 0.4) is 0 Å². The number of rotatable bonds is 3. The maximum absolute atomic E-state index is 10.9. The number of anilines is 1. The van der Waals surface area contributed by atoms with Gasteiger partial charge in [0, 0.05) is 17.9 Å². The van der Waals surface area contributed by atoms with Crippen LogP contribution in [-0.4, -0.2) is 10.9 Å². The second-order valence-corrected chi connectivity index (χ2v) is 5.23. The number of fused-ring (bicyclic) bond motifs is 1. The minimum atomic E-state index is -0.146. The van der Waals surface area contributed by atoms with Gasteiger partial charge in [0.1, 0.15) is 0 Å². The molecule has 2 aromatic carbocycles. The summed E-state index contributed by atoms with van der Waals surface area (Å²) >= 11 is 1.46. The van der Waals surface area contributed by atoms with Crippen LogP contribution in [0.15, 0.2) is 47.8 Å². The molecule has 20 heavy (non-hydrogen) atoms. The van der Waals surface area contributed by atoms with Crippen molar-refractivity contribution in [2.24, 2.45) is 0 Å². The maximum atomic E-state index is 10.9. The van der Waals surface area contributed by atoms with E-state index in [0.29, 0.717) is 5.13 Å². The standard InChI is InChI=1S/C15H13N3OS/c1-10(19)17-18-15-16-14(9-20-15)13-8-4-6-11-5-2-3-7-12(11)13/h2-9H,1H3,(H,16,18)(H,17,19). The first kappa shape index (κ1) is 12.6. The van der Waals surface area contributed by atoms with Crippen LogP contribution in [0.25, 0.3) is 22.0 Å². The number of hydrogen-bond acceptors (Lipinski definition) is 4. The van der Waals surface area contributed by atoms with Gasteiger partial charge in [-0.3, -0.25) is 15.6 Å². The number of hydrazine groups is 1. The molecular weight excluding hydrogens is 270 g/mol. The predicted molar refractivity (Wildman–Crippen MR) is 82.5 cm³/mol. The van der Waals surface area contributed by atoms with E-state index in [0.717, 1.165) is 11.3 Å². The molecule has 1 amide bonds. The number of amides is 1. The quantitative estimate of drug-likeness (QED) is 0.724. The fourth-order valence-corrected chi connectivity index (χ4v) is 2.71. The molecular formula is C15H13N3OS. The summed E-state index contributed by atoms with van der Waals surface area (Å²) in [5, 5.41) is 5.01. The lowest BCUT2D eigenvalue weighted by molar-refractivity contribution is -0.118. The van der Waals surface area contributed by atoms with E-state index in [1.807, 2.05) is 23.6 Å². The number of aromatic nitrogens is 1. The molecule has 0 aliphatic rings. The van der Waals surface area contributed by atoms with Crippen molar-refractivity contribution in [2.45, 2.75) is 6.92 Å². The summed E-state index contributed by atoms with van der Waals surface area (Å²) < 4.78 is 0. The first-order chi connectivity index (χ1) is 9.74. The predicted octanol–water partition coefficient (Wildman–Crippen LogP) is 3.43. The Bertz CT molecular complexity index is 761. The third kappa shape index (κ3) is 2.48. The van der Waals surface area contributed by atoms with Gasteiger partial charge in [-0.25, -0.2) is 4.98 Å². The zero-order chi connectivity index (χ0) is 13.9. The van der Waals surface area contributed by atoms with E-state index in [4.69, 9.17) is 0 Å². The van der Waals surface area contributed by atoms with Crippen LogP contribution in [-0.2, 0) is 4.79 Å². The molecule has 0 spiro atoms. The van der Waals surface area contributed by atoms with E-state index in [1.165, 1.54) is 29.0 Å². The average molecular weight is 283 g/mol. The third-order valence-corrected chi connectivity index (χ3v) is 3.67. The third-order valence-electron chi connectivity index (χ3n) is 2.92. The van der Waals surface area contributed by atoms with Crippen LogP contribution in [0.4, 0.5) is 5.13 Å². The summed E-state index contributed by atoms with van der Waals surface area (Å²) in [6.45, 7) is 1.45. The largest absolute Gasteiger partial charge is 0.274 e. The molecule has 0 unspecified atom stereocenters. The molecule has 1 heterocycles. The van der Waals surface area contributed by atoms with Crippen molar-refractivity contribution in [2.75, 3.05) is 5.43 Å². The highest BCUT2D eigenvalue weighted by molar-refractivity contribution is 7.14. The minimum Gasteiger partial charge on any atom is -0.274 e. The van der Waals surface area contributed by atoms with Gasteiger partial charge in [0.25, 0.3) is 0 Å². The number of carbonyl (C=O) groups excluding carboxylic acids is 1. The van der Waals surface area contributed by atoms with Crippen molar-refractivity contribution in [3.8, 4) is 11.3 Å². The van der Waals surface area contributed by atoms with Crippen molar-refractivity contribution in [1.29, 1.82) is 0 Å². The highest BCUT2D eigenvalue weighted by atomic mass is 32.1. The second-order valence-electron chi connectivity index (χ2n) is 4.37. The number of nitrogens with zero attached hydrogens (tertiary/aromatic N) is 1. The molecule has 4 nitrogen and oxygen atoms in total. The van der Waals surface area contributed by atoms with Crippen LogP contribution in [0.5, 0.6) is 0 Å². The second kappa shape index (κ2) is 5.30. The summed E-state index contributed by atoms with van der Waals surface area (Å²) in [4.78, 5) is 15.4. The number of nitrogens with one attached hydrogen (secondary N) is 2. The normalized spacial score (nSPS) is 10.4. The summed E-state index contributed by atoms with van der Waals surface area (Å²) in [5.41, 5.74) is 7.31. The lowest BCUT2D eigenvalue weighted by atomic mass is 10.0. The molecule has 5 heteroatoms. The van der Waals surface area contributed by atoms with Crippen LogP contribution >= 0.6 is 11.3 Å². The smallest absolute Gasteiger partial charge is 0.235 e. The van der Waals surface area contributed by atoms with Crippen molar-refractivity contribution in [1.82, 2.24) is 10.4 Å². The van der Waals surface area contributed by atoms with Crippen molar-refractivity contribution >= 4 is 33.1 Å². The molecule has 0 fully saturated rings. The zero-order valence-corrected chi connectivity index (χ0v) is 11.7. The first-order valence-electron chi connectivity index (χ1n) is 6.20. The van der Waals surface area contributed by atoms with E-state index in [1.54, 1.807) is 0 Å². The molecule has 0 aliphatic heterocycles. The lowest BCUT2D eigenvalue weighted by Gasteiger charge is -2.04. The van der Waals surface area contributed by atoms with Gasteiger partial charge < -0.3 is 0 Å². The summed E-state index contributed by atoms with van der Waals surface area (Å²) in [6, 6.07) is 14.4. The van der Waals surface area contributed by atoms with Crippen molar-refractivity contribution < 1.29 is 4.79 Å². The topological polar surface area (TPSA) is 54.0 Å². The Morgan fingerprint density at radius 2 is 1.95 bits per heavy atom. The number of benzene rings is 2. The number of hydrogen-bond donors (Lipinski definition) is 2. The highest BCUT2D eigenvalue weighted by Gasteiger charge is 2.07. The summed E-state index contributed by atoms with van der Waals surface area (Å²) in [5.74, 6) is -0.146. The SMILES string of the molecule is CC(=O)NNc1nc(-c2cccc3ccccc23)cs1. The lowest BCUT2D eigenvalue weighted by Crippen LogP contribution is -2.26. The van der Waals surface area contributed by atoms with E-state index in [-0.39, 0.29) is 5.91 Å². The molecule has 0 atom stereocenters. The van der Waals surface area contributed by atoms with E-state index < -0.39 is 0 Å². The first-order valence-corrected chi connectivity index (χ1v) is 7.08. The number of carbonyl (C=O) groups is 1. The molecule has 0 aliphatic carbocycles. The number of thiazole rings is 1. The van der Waals surface area contributed by atoms with Crippen LogP contribution in [0.2, 0.25) is 0 Å². The molecule has 2 N–H and O–H groups in total. The van der Waals surface area contributed by atoms with Gasteiger partial charge in [0.05, 0.1) is 5.69 Å². The van der Waals surface area contributed by atoms with Gasteiger partial charge in [-0.2, -0.15) is 0 Å². The van der Waals surface area contributed by atoms with Gasteiger partial charge in [-0.1, -0.05) is 42.5 Å². The summed E-state index contributed by atoms with van der Waals surface area (Å²) in [7, 11) is 0. The Labute approximate surface area is 120 Å². The minimum absolute atomic E-state index is 0.146. The van der Waals surface area contributed by atoms with Crippen LogP contribution < -0.4 is 10.9 Å². The monoisotopic (exact) mass is 283 g/mol. The van der Waals surface area contributed by atoms with Gasteiger partial charge in [0.15, 0.2) is 0 Å². The van der Waals surface area contributed by atoms with Crippen molar-refractivity contribution in [3.05, 3.63) is 47.8 Å². The maximum Gasteiger partial charge on any atom is 0.235 e. The Hall–Kier alpha value is -2.40. The molecule has 3 rings (SSSR count). The van der Waals surface area contributed by atoms with Gasteiger partial charge in [0.2, 0.25) is 11.0 Å². The highest BCUT2D eigenvalue weighted by Crippen LogP contribution is 2.30. The van der Waals surface area contributed by atoms with E-state index in [2.05, 4.69) is 40.1 Å². The molecule has 0 saturated carbocycles. The Morgan fingerprint density at radius 3 is 2.80 bits per heavy atom. The van der Waals surface area contributed by atoms with Gasteiger partial charge >= 0.3 is 0 Å². The van der Waals surface area contributed by atoms with Crippen LogP contribution in [0.1, 0.15) is 6.92 Å². The molecule has 0 saturated heterocycles. The molecule has 0 radical (unpaired) electrons. The average Bonchev–Trinajstić information content (AvgIpc) is 2.93. The Kier molecular flexibility index (Phi) is 3.35. The van der Waals surface area contributed by atoms with Crippen LogP contribution in [0, 0.1) is 0 Å². The zero-order valence-electron chi connectivity index (χ0n) is 10.9. The van der Waals surface area contributed by atoms with Crippen molar-refractivity contribution in [3.63, 3.8) is 0 Å². The molecule has 1 aromatic heterocycles. The molecule has 100 valence electrons. The van der Waals surface area contributed by atoms with E-state index in [9.17, 15) is 4.79 Å². The van der Waals surface area contributed by atoms with Gasteiger partial charge in [-0.15, -0.1) is 11.3 Å². The summed E-state index contributed by atoms with van der Waals surface area (Å²) in [6.07, 6.45) is 0. The Balaban J connectivity index is 1.97. The van der Waals surface area contributed by atoms with Gasteiger partial charge in [-0.05, 0) is 10.8 Å². The fourth-order valence-electron chi connectivity index (χ4n) is 2.05. The van der Waals surface area contributed by atoms with E-state index >= 15 is 0 Å². The molecule has 0 bridgehead atoms. The fraction of sp³-hybridized carbons (Fsp3) is 0.0667. The molecule has 3 aromatic rings.